The van der Waals surface area contributed by atoms with Crippen LogP contribution in [0.5, 0.6) is 5.75 Å². The summed E-state index contributed by atoms with van der Waals surface area (Å²) in [4.78, 5) is 16.8. The van der Waals surface area contributed by atoms with Crippen molar-refractivity contribution in [2.75, 3.05) is 20.6 Å². The molecule has 0 fully saturated rings. The number of nitrogens with zero attached hydrogens (tertiary/aromatic N) is 3. The highest BCUT2D eigenvalue weighted by atomic mass is 16.6. The molecule has 0 aliphatic heterocycles. The van der Waals surface area contributed by atoms with Gasteiger partial charge in [0.2, 0.25) is 0 Å². The molecule has 0 saturated heterocycles. The largest absolute Gasteiger partial charge is 0.507 e. The van der Waals surface area contributed by atoms with Gasteiger partial charge in [0.05, 0.1) is 17.5 Å². The maximum Gasteiger partial charge on any atom is 0.270 e. The van der Waals surface area contributed by atoms with Gasteiger partial charge in [-0.05, 0) is 37.7 Å². The van der Waals surface area contributed by atoms with Crippen LogP contribution in [0.2, 0.25) is 0 Å². The minimum Gasteiger partial charge on any atom is -0.507 e. The number of likely N-dealkylation sites (N-methyl/N-ethyl adjacent to an activating group) is 1. The van der Waals surface area contributed by atoms with Gasteiger partial charge in [-0.2, -0.15) is 0 Å². The molecule has 0 unspecified atom stereocenters. The molecule has 132 valence electrons. The number of aryl methyl sites for hydroxylation is 1. The SMILES string of the molecule is CCc1ccc([C@H](CN=Cc2cc([N+](=O)[O-])ccc2O)N(C)C)cc1. The summed E-state index contributed by atoms with van der Waals surface area (Å²) in [7, 11) is 3.97. The summed E-state index contributed by atoms with van der Waals surface area (Å²) >= 11 is 0. The number of aromatic hydroxyl groups is 1. The lowest BCUT2D eigenvalue weighted by Gasteiger charge is -2.23. The lowest BCUT2D eigenvalue weighted by molar-refractivity contribution is -0.384. The predicted molar refractivity (Wildman–Crippen MR) is 99.5 cm³/mol. The van der Waals surface area contributed by atoms with Crippen LogP contribution in [0.1, 0.15) is 29.7 Å². The first-order valence-corrected chi connectivity index (χ1v) is 8.15. The molecule has 0 amide bonds. The van der Waals surface area contributed by atoms with Crippen LogP contribution in [0.3, 0.4) is 0 Å². The smallest absolute Gasteiger partial charge is 0.270 e. The van der Waals surface area contributed by atoms with Gasteiger partial charge in [0.1, 0.15) is 5.75 Å². The molecule has 0 aromatic heterocycles. The van der Waals surface area contributed by atoms with Gasteiger partial charge in [-0.25, -0.2) is 0 Å². The quantitative estimate of drug-likeness (QED) is 0.474. The van der Waals surface area contributed by atoms with Crippen molar-refractivity contribution < 1.29 is 10.0 Å². The third-order valence-corrected chi connectivity index (χ3v) is 4.13. The first kappa shape index (κ1) is 18.6. The van der Waals surface area contributed by atoms with Gasteiger partial charge < -0.3 is 10.0 Å². The van der Waals surface area contributed by atoms with Gasteiger partial charge in [-0.1, -0.05) is 31.2 Å². The number of hydrogen-bond donors (Lipinski definition) is 1. The van der Waals surface area contributed by atoms with Crippen LogP contribution in [0.15, 0.2) is 47.5 Å². The molecule has 6 nitrogen and oxygen atoms in total. The van der Waals surface area contributed by atoms with Crippen molar-refractivity contribution in [1.82, 2.24) is 4.90 Å². The highest BCUT2D eigenvalue weighted by Gasteiger charge is 2.14. The second kappa shape index (κ2) is 8.39. The molecule has 2 aromatic rings. The first-order valence-electron chi connectivity index (χ1n) is 8.15. The topological polar surface area (TPSA) is 79.0 Å². The molecule has 1 atom stereocenters. The first-order chi connectivity index (χ1) is 11.9. The van der Waals surface area contributed by atoms with Crippen molar-refractivity contribution in [2.45, 2.75) is 19.4 Å². The number of rotatable bonds is 7. The highest BCUT2D eigenvalue weighted by Crippen LogP contribution is 2.22. The van der Waals surface area contributed by atoms with E-state index < -0.39 is 4.92 Å². The zero-order chi connectivity index (χ0) is 18.4. The molecular formula is C19H23N3O3. The molecule has 2 aromatic carbocycles. The van der Waals surface area contributed by atoms with Gasteiger partial charge in [0, 0.05) is 23.9 Å². The van der Waals surface area contributed by atoms with Gasteiger partial charge in [0.15, 0.2) is 0 Å². The van der Waals surface area contributed by atoms with Crippen LogP contribution >= 0.6 is 0 Å². The standard InChI is InChI=1S/C19H23N3O3/c1-4-14-5-7-15(8-6-14)18(21(2)3)13-20-12-16-11-17(22(24)25)9-10-19(16)23/h5-12,18,23H,4,13H2,1-3H3/t18-/m0/s1. The fourth-order valence-electron chi connectivity index (χ4n) is 2.55. The summed E-state index contributed by atoms with van der Waals surface area (Å²) in [6.45, 7) is 2.61. The molecular weight excluding hydrogens is 318 g/mol. The Morgan fingerprint density at radius 3 is 2.48 bits per heavy atom. The van der Waals surface area contributed by atoms with E-state index in [0.717, 1.165) is 12.0 Å². The van der Waals surface area contributed by atoms with E-state index in [9.17, 15) is 15.2 Å². The van der Waals surface area contributed by atoms with Crippen molar-refractivity contribution in [3.63, 3.8) is 0 Å². The van der Waals surface area contributed by atoms with Gasteiger partial charge in [-0.3, -0.25) is 15.1 Å². The number of nitro groups is 1. The highest BCUT2D eigenvalue weighted by molar-refractivity contribution is 5.84. The van der Waals surface area contributed by atoms with Crippen LogP contribution in [-0.4, -0.2) is 41.8 Å². The Morgan fingerprint density at radius 2 is 1.92 bits per heavy atom. The van der Waals surface area contributed by atoms with Gasteiger partial charge >= 0.3 is 0 Å². The van der Waals surface area contributed by atoms with E-state index >= 15 is 0 Å². The molecule has 6 heteroatoms. The average molecular weight is 341 g/mol. The summed E-state index contributed by atoms with van der Waals surface area (Å²) in [6.07, 6.45) is 2.48. The number of benzene rings is 2. The van der Waals surface area contributed by atoms with Crippen molar-refractivity contribution in [3.8, 4) is 5.75 Å². The van der Waals surface area contributed by atoms with Crippen molar-refractivity contribution >= 4 is 11.9 Å². The van der Waals surface area contributed by atoms with E-state index in [4.69, 9.17) is 0 Å². The molecule has 0 spiro atoms. The molecule has 2 rings (SSSR count). The van der Waals surface area contributed by atoms with Crippen LogP contribution in [-0.2, 0) is 6.42 Å². The maximum absolute atomic E-state index is 10.8. The number of phenols is 1. The summed E-state index contributed by atoms with van der Waals surface area (Å²) < 4.78 is 0. The van der Waals surface area contributed by atoms with Crippen LogP contribution in [0, 0.1) is 10.1 Å². The van der Waals surface area contributed by atoms with Crippen LogP contribution in [0.4, 0.5) is 5.69 Å². The fraction of sp³-hybridized carbons (Fsp3) is 0.316. The minimum atomic E-state index is -0.491. The number of nitro benzene ring substituents is 1. The molecule has 0 aliphatic rings. The Kier molecular flexibility index (Phi) is 6.25. The number of phenolic OH excluding ortho intramolecular Hbond substituents is 1. The average Bonchev–Trinajstić information content (AvgIpc) is 2.59. The van der Waals surface area contributed by atoms with Gasteiger partial charge in [0.25, 0.3) is 5.69 Å². The molecule has 0 aliphatic carbocycles. The lowest BCUT2D eigenvalue weighted by Crippen LogP contribution is -2.22. The Hall–Kier alpha value is -2.73. The Balaban J connectivity index is 2.16. The Labute approximate surface area is 147 Å². The normalized spacial score (nSPS) is 12.6. The van der Waals surface area contributed by atoms with Crippen LogP contribution < -0.4 is 0 Å². The second-order valence-electron chi connectivity index (χ2n) is 6.07. The zero-order valence-corrected chi connectivity index (χ0v) is 14.7. The monoisotopic (exact) mass is 341 g/mol. The van der Waals surface area contributed by atoms with Crippen molar-refractivity contribution in [2.24, 2.45) is 4.99 Å². The van der Waals surface area contributed by atoms with Crippen molar-refractivity contribution in [1.29, 1.82) is 0 Å². The van der Waals surface area contributed by atoms with E-state index in [2.05, 4.69) is 41.1 Å². The van der Waals surface area contributed by atoms with Gasteiger partial charge in [-0.15, -0.1) is 0 Å². The predicted octanol–water partition coefficient (Wildman–Crippen LogP) is 3.58. The summed E-state index contributed by atoms with van der Waals surface area (Å²) in [5, 5.41) is 20.7. The summed E-state index contributed by atoms with van der Waals surface area (Å²) in [5.74, 6) is -0.0250. The minimum absolute atomic E-state index is 0.0250. The number of non-ortho nitro benzene ring substituents is 1. The van der Waals surface area contributed by atoms with E-state index in [1.807, 2.05) is 14.1 Å². The Bertz CT molecular complexity index is 755. The number of aliphatic imine (C=N–C) groups is 1. The van der Waals surface area contributed by atoms with Crippen LogP contribution in [0.25, 0.3) is 0 Å². The maximum atomic E-state index is 10.8. The molecule has 0 saturated carbocycles. The van der Waals surface area contributed by atoms with Crippen molar-refractivity contribution in [3.05, 3.63) is 69.3 Å². The second-order valence-corrected chi connectivity index (χ2v) is 6.07. The molecule has 0 radical (unpaired) electrons. The Morgan fingerprint density at radius 1 is 1.24 bits per heavy atom. The number of hydrogen-bond acceptors (Lipinski definition) is 5. The van der Waals surface area contributed by atoms with E-state index in [1.54, 1.807) is 0 Å². The fourth-order valence-corrected chi connectivity index (χ4v) is 2.55. The third kappa shape index (κ3) is 4.87. The molecule has 1 N–H and O–H groups in total. The van der Waals surface area contributed by atoms with E-state index in [1.165, 1.54) is 30.0 Å². The zero-order valence-electron chi connectivity index (χ0n) is 14.7. The molecule has 0 bridgehead atoms. The van der Waals surface area contributed by atoms with E-state index in [0.29, 0.717) is 12.1 Å². The van der Waals surface area contributed by atoms with E-state index in [-0.39, 0.29) is 17.5 Å². The molecule has 0 heterocycles. The summed E-state index contributed by atoms with van der Waals surface area (Å²) in [6, 6.07) is 12.4. The lowest BCUT2D eigenvalue weighted by atomic mass is 10.0. The molecule has 25 heavy (non-hydrogen) atoms. The summed E-state index contributed by atoms with van der Waals surface area (Å²) in [5.41, 5.74) is 2.71. The third-order valence-electron chi connectivity index (χ3n) is 4.13.